The van der Waals surface area contributed by atoms with Gasteiger partial charge in [-0.2, -0.15) is 0 Å². The molecule has 3 heteroatoms. The Labute approximate surface area is 133 Å². The lowest BCUT2D eigenvalue weighted by Gasteiger charge is -2.35. The minimum absolute atomic E-state index is 0.280. The van der Waals surface area contributed by atoms with Gasteiger partial charge in [0.25, 0.3) is 0 Å². The van der Waals surface area contributed by atoms with Crippen LogP contribution in [0.4, 0.5) is 11.4 Å². The topological polar surface area (TPSA) is 15.3 Å². The summed E-state index contributed by atoms with van der Waals surface area (Å²) >= 11 is 0. The highest BCUT2D eigenvalue weighted by Gasteiger charge is 2.34. The fraction of sp³-hybridized carbons (Fsp3) is 0.263. The van der Waals surface area contributed by atoms with E-state index in [2.05, 4.69) is 78.8 Å². The number of fused-ring (bicyclic) bond motifs is 1. The third-order valence-corrected chi connectivity index (χ3v) is 4.81. The standard InChI is InChI=1S/C19H21BN2/c20-15-12-10-14(11-13-15)19-21-17-8-4-5-9-18(17)22(19)16-6-2-1-3-7-16/h1-6,8-10,12,16,19,21H,7,11,13,20H2. The fourth-order valence-corrected chi connectivity index (χ4v) is 3.58. The predicted molar refractivity (Wildman–Crippen MR) is 97.0 cm³/mol. The number of nitrogens with one attached hydrogen (secondary N) is 1. The normalized spacial score (nSPS) is 26.3. The Kier molecular flexibility index (Phi) is 3.41. The van der Waals surface area contributed by atoms with Crippen molar-refractivity contribution in [3.8, 4) is 0 Å². The van der Waals surface area contributed by atoms with Gasteiger partial charge in [-0.15, -0.1) is 5.47 Å². The first-order chi connectivity index (χ1) is 10.8. The van der Waals surface area contributed by atoms with E-state index >= 15 is 0 Å². The van der Waals surface area contributed by atoms with E-state index in [0.29, 0.717) is 6.04 Å². The predicted octanol–water partition coefficient (Wildman–Crippen LogP) is 3.37. The third-order valence-electron chi connectivity index (χ3n) is 4.81. The maximum absolute atomic E-state index is 3.74. The Morgan fingerprint density at radius 1 is 1.09 bits per heavy atom. The largest absolute Gasteiger partial charge is 0.360 e. The first kappa shape index (κ1) is 13.5. The molecule has 3 aliphatic rings. The Morgan fingerprint density at radius 3 is 2.77 bits per heavy atom. The van der Waals surface area contributed by atoms with Crippen LogP contribution in [0.1, 0.15) is 19.3 Å². The van der Waals surface area contributed by atoms with E-state index in [1.54, 1.807) is 0 Å². The van der Waals surface area contributed by atoms with Gasteiger partial charge in [0.2, 0.25) is 0 Å². The summed E-state index contributed by atoms with van der Waals surface area (Å²) in [6, 6.07) is 9.10. The highest BCUT2D eigenvalue weighted by Crippen LogP contribution is 2.40. The summed E-state index contributed by atoms with van der Waals surface area (Å²) in [5.41, 5.74) is 5.54. The lowest BCUT2D eigenvalue weighted by atomic mass is 9.84. The Morgan fingerprint density at radius 2 is 2.00 bits per heavy atom. The number of rotatable bonds is 2. The summed E-state index contributed by atoms with van der Waals surface area (Å²) in [5, 5.41) is 3.74. The molecule has 1 aromatic carbocycles. The van der Waals surface area contributed by atoms with Gasteiger partial charge in [-0.25, -0.2) is 0 Å². The van der Waals surface area contributed by atoms with Crippen LogP contribution in [0, 0.1) is 0 Å². The summed E-state index contributed by atoms with van der Waals surface area (Å²) in [6.45, 7) is 0. The number of allylic oxidation sites excluding steroid dienone is 5. The molecule has 0 bridgehead atoms. The van der Waals surface area contributed by atoms with E-state index in [-0.39, 0.29) is 6.17 Å². The van der Waals surface area contributed by atoms with E-state index in [4.69, 9.17) is 0 Å². The van der Waals surface area contributed by atoms with Crippen molar-refractivity contribution in [3.05, 3.63) is 71.8 Å². The average molecular weight is 288 g/mol. The highest BCUT2D eigenvalue weighted by molar-refractivity contribution is 6.21. The Balaban J connectivity index is 1.72. The summed E-state index contributed by atoms with van der Waals surface area (Å²) in [7, 11) is 2.22. The van der Waals surface area contributed by atoms with Crippen molar-refractivity contribution in [1.29, 1.82) is 0 Å². The van der Waals surface area contributed by atoms with Crippen molar-refractivity contribution >= 4 is 19.2 Å². The van der Waals surface area contributed by atoms with E-state index in [1.165, 1.54) is 28.8 Å². The number of hydrogen-bond donors (Lipinski definition) is 1. The van der Waals surface area contributed by atoms with Crippen LogP contribution < -0.4 is 10.2 Å². The van der Waals surface area contributed by atoms with Crippen LogP contribution >= 0.6 is 0 Å². The van der Waals surface area contributed by atoms with Crippen molar-refractivity contribution in [1.82, 2.24) is 0 Å². The smallest absolute Gasteiger partial charge is 0.133 e. The molecule has 1 heterocycles. The molecule has 2 nitrogen and oxygen atoms in total. The SMILES string of the molecule is BC1=CC=C(C2Nc3ccccc3N2C2C=CC=CC2)CC1. The van der Waals surface area contributed by atoms with Crippen molar-refractivity contribution in [2.75, 3.05) is 10.2 Å². The van der Waals surface area contributed by atoms with Gasteiger partial charge < -0.3 is 10.2 Å². The number of anilines is 2. The molecule has 0 saturated heterocycles. The van der Waals surface area contributed by atoms with Crippen LogP contribution in [-0.4, -0.2) is 20.1 Å². The quantitative estimate of drug-likeness (QED) is 0.839. The summed E-state index contributed by atoms with van der Waals surface area (Å²) in [5.74, 6) is 0. The molecule has 22 heavy (non-hydrogen) atoms. The van der Waals surface area contributed by atoms with Gasteiger partial charge in [-0.3, -0.25) is 0 Å². The second kappa shape index (κ2) is 5.56. The fourth-order valence-electron chi connectivity index (χ4n) is 3.58. The molecule has 0 spiro atoms. The van der Waals surface area contributed by atoms with Crippen LogP contribution in [0.5, 0.6) is 0 Å². The number of para-hydroxylation sites is 2. The monoisotopic (exact) mass is 288 g/mol. The van der Waals surface area contributed by atoms with Crippen LogP contribution in [0.3, 0.4) is 0 Å². The Bertz CT molecular complexity index is 699. The Hall–Kier alpha value is -2.16. The van der Waals surface area contributed by atoms with Gasteiger partial charge >= 0.3 is 0 Å². The van der Waals surface area contributed by atoms with E-state index in [9.17, 15) is 0 Å². The molecule has 110 valence electrons. The van der Waals surface area contributed by atoms with Crippen molar-refractivity contribution < 1.29 is 0 Å². The van der Waals surface area contributed by atoms with Gasteiger partial charge in [0, 0.05) is 0 Å². The first-order valence-electron chi connectivity index (χ1n) is 8.16. The molecule has 0 fully saturated rings. The van der Waals surface area contributed by atoms with Crippen LogP contribution in [0.15, 0.2) is 71.8 Å². The van der Waals surface area contributed by atoms with Gasteiger partial charge in [-0.05, 0) is 37.0 Å². The highest BCUT2D eigenvalue weighted by atomic mass is 15.3. The molecule has 1 aliphatic heterocycles. The van der Waals surface area contributed by atoms with Crippen LogP contribution in [0.2, 0.25) is 0 Å². The number of benzene rings is 1. The molecule has 4 rings (SSSR count). The van der Waals surface area contributed by atoms with Crippen molar-refractivity contribution in [2.45, 2.75) is 31.5 Å². The van der Waals surface area contributed by atoms with Crippen LogP contribution in [0.25, 0.3) is 0 Å². The maximum Gasteiger partial charge on any atom is 0.133 e. The van der Waals surface area contributed by atoms with Crippen molar-refractivity contribution in [2.24, 2.45) is 0 Å². The summed E-state index contributed by atoms with van der Waals surface area (Å²) < 4.78 is 0. The zero-order chi connectivity index (χ0) is 14.9. The van der Waals surface area contributed by atoms with E-state index in [1.807, 2.05) is 0 Å². The number of nitrogens with zero attached hydrogens (tertiary/aromatic N) is 1. The van der Waals surface area contributed by atoms with Gasteiger partial charge in [0.1, 0.15) is 14.0 Å². The molecule has 0 amide bonds. The lowest BCUT2D eigenvalue weighted by molar-refractivity contribution is 0.638. The van der Waals surface area contributed by atoms with Crippen molar-refractivity contribution in [3.63, 3.8) is 0 Å². The van der Waals surface area contributed by atoms with E-state index < -0.39 is 0 Å². The van der Waals surface area contributed by atoms with Gasteiger partial charge in [0.05, 0.1) is 17.4 Å². The number of hydrogen-bond acceptors (Lipinski definition) is 2. The second-order valence-electron chi connectivity index (χ2n) is 6.34. The zero-order valence-corrected chi connectivity index (χ0v) is 13.0. The van der Waals surface area contributed by atoms with E-state index in [0.717, 1.165) is 12.8 Å². The third kappa shape index (κ3) is 2.31. The summed E-state index contributed by atoms with van der Waals surface area (Å²) in [6.07, 6.45) is 17.2. The minimum atomic E-state index is 0.280. The molecule has 2 atom stereocenters. The van der Waals surface area contributed by atoms with Crippen LogP contribution in [-0.2, 0) is 0 Å². The molecule has 1 aromatic rings. The minimum Gasteiger partial charge on any atom is -0.360 e. The van der Waals surface area contributed by atoms with Gasteiger partial charge in [0.15, 0.2) is 0 Å². The molecule has 0 saturated carbocycles. The molecule has 2 unspecified atom stereocenters. The maximum atomic E-state index is 3.74. The molecular weight excluding hydrogens is 267 g/mol. The van der Waals surface area contributed by atoms with Gasteiger partial charge in [-0.1, -0.05) is 48.6 Å². The molecular formula is C19H21BN2. The zero-order valence-electron chi connectivity index (χ0n) is 13.0. The summed E-state index contributed by atoms with van der Waals surface area (Å²) in [4.78, 5) is 2.55. The molecule has 2 aliphatic carbocycles. The molecule has 1 N–H and O–H groups in total. The first-order valence-corrected chi connectivity index (χ1v) is 8.16. The average Bonchev–Trinajstić information content (AvgIpc) is 2.96. The second-order valence-corrected chi connectivity index (χ2v) is 6.34. The lowest BCUT2D eigenvalue weighted by Crippen LogP contribution is -2.44. The molecule has 0 radical (unpaired) electrons. The molecule has 0 aromatic heterocycles.